The van der Waals surface area contributed by atoms with Crippen molar-refractivity contribution in [3.63, 3.8) is 0 Å². The van der Waals surface area contributed by atoms with Gasteiger partial charge in [-0.05, 0) is 25.3 Å². The lowest BCUT2D eigenvalue weighted by atomic mass is 9.83. The molecule has 3 unspecified atom stereocenters. The van der Waals surface area contributed by atoms with Gasteiger partial charge in [0.2, 0.25) is 0 Å². The lowest BCUT2D eigenvalue weighted by Gasteiger charge is -2.43. The number of hydrogen-bond donors (Lipinski definition) is 1. The van der Waals surface area contributed by atoms with Crippen molar-refractivity contribution >= 4 is 5.97 Å². The number of hydrogen-bond acceptors (Lipinski definition) is 4. The number of esters is 1. The third-order valence-electron chi connectivity index (χ3n) is 5.04. The molecule has 2 heterocycles. The first-order valence-electron chi connectivity index (χ1n) is 8.38. The Morgan fingerprint density at radius 3 is 2.62 bits per heavy atom. The number of carbonyl (C=O) groups excluding carboxylic acids is 1. The van der Waals surface area contributed by atoms with Crippen molar-refractivity contribution in [3.05, 3.63) is 35.9 Å². The van der Waals surface area contributed by atoms with Crippen LogP contribution in [0.2, 0.25) is 0 Å². The van der Waals surface area contributed by atoms with Crippen molar-refractivity contribution in [2.75, 3.05) is 6.61 Å². The van der Waals surface area contributed by atoms with Gasteiger partial charge in [-0.3, -0.25) is 9.69 Å². The van der Waals surface area contributed by atoms with Gasteiger partial charge in [0, 0.05) is 19.0 Å². The quantitative estimate of drug-likeness (QED) is 0.838. The molecule has 0 amide bonds. The zero-order valence-corrected chi connectivity index (χ0v) is 13.8. The molecule has 2 bridgehead atoms. The van der Waals surface area contributed by atoms with Crippen LogP contribution >= 0.6 is 0 Å². The molecule has 0 saturated carbocycles. The summed E-state index contributed by atoms with van der Waals surface area (Å²) < 4.78 is 33.7. The Balaban J connectivity index is 1.76. The first-order valence-corrected chi connectivity index (χ1v) is 8.38. The molecule has 1 aromatic rings. The third-order valence-corrected chi connectivity index (χ3v) is 5.04. The zero-order valence-electron chi connectivity index (χ0n) is 13.8. The van der Waals surface area contributed by atoms with Crippen LogP contribution in [0.4, 0.5) is 8.78 Å². The molecule has 1 aromatic carbocycles. The normalized spacial score (nSPS) is 31.8. The molecule has 0 radical (unpaired) electrons. The van der Waals surface area contributed by atoms with Gasteiger partial charge in [-0.1, -0.05) is 30.3 Å². The van der Waals surface area contributed by atoms with Gasteiger partial charge < -0.3 is 9.84 Å². The van der Waals surface area contributed by atoms with Crippen LogP contribution in [0.25, 0.3) is 0 Å². The second-order valence-corrected chi connectivity index (χ2v) is 6.91. The van der Waals surface area contributed by atoms with Crippen LogP contribution < -0.4 is 0 Å². The number of halogens is 2. The molecule has 132 valence electrons. The van der Waals surface area contributed by atoms with Crippen LogP contribution in [-0.4, -0.2) is 46.2 Å². The van der Waals surface area contributed by atoms with Crippen molar-refractivity contribution in [1.82, 2.24) is 4.90 Å². The summed E-state index contributed by atoms with van der Waals surface area (Å²) in [6.07, 6.45) is -0.425. The first kappa shape index (κ1) is 17.3. The van der Waals surface area contributed by atoms with E-state index in [1.807, 2.05) is 30.3 Å². The minimum Gasteiger partial charge on any atom is -0.466 e. The van der Waals surface area contributed by atoms with E-state index in [0.29, 0.717) is 6.54 Å². The van der Waals surface area contributed by atoms with Crippen molar-refractivity contribution < 1.29 is 23.4 Å². The van der Waals surface area contributed by atoms with Gasteiger partial charge in [-0.2, -0.15) is 0 Å². The van der Waals surface area contributed by atoms with Gasteiger partial charge in [0.15, 0.2) is 0 Å². The van der Waals surface area contributed by atoms with Crippen LogP contribution in [0.15, 0.2) is 30.3 Å². The molecule has 2 fully saturated rings. The standard InChI is InChI=1S/C18H23F2NO3/c1-2-24-16(22)11-17(23)8-14-9-18(19,20)15(10-17)21(14)12-13-6-4-3-5-7-13/h3-7,14-15,23H,2,8-12H2,1H3. The smallest absolute Gasteiger partial charge is 0.308 e. The van der Waals surface area contributed by atoms with Crippen LogP contribution in [0.5, 0.6) is 0 Å². The number of rotatable bonds is 5. The van der Waals surface area contributed by atoms with Crippen molar-refractivity contribution in [3.8, 4) is 0 Å². The fraction of sp³-hybridized carbons (Fsp3) is 0.611. The molecule has 0 aliphatic carbocycles. The minimum atomic E-state index is -2.85. The van der Waals surface area contributed by atoms with E-state index in [4.69, 9.17) is 4.74 Å². The Hall–Kier alpha value is -1.53. The number of carbonyl (C=O) groups is 1. The number of ether oxygens (including phenoxy) is 1. The van der Waals surface area contributed by atoms with E-state index in [9.17, 15) is 18.7 Å². The molecule has 1 N–H and O–H groups in total. The van der Waals surface area contributed by atoms with Crippen molar-refractivity contribution in [1.29, 1.82) is 0 Å². The monoisotopic (exact) mass is 339 g/mol. The lowest BCUT2D eigenvalue weighted by Crippen LogP contribution is -2.53. The molecule has 3 rings (SSSR count). The predicted octanol–water partition coefficient (Wildman–Crippen LogP) is 2.74. The van der Waals surface area contributed by atoms with E-state index >= 15 is 0 Å². The third kappa shape index (κ3) is 3.44. The number of nitrogens with zero attached hydrogens (tertiary/aromatic N) is 1. The number of alkyl halides is 2. The summed E-state index contributed by atoms with van der Waals surface area (Å²) in [5.74, 6) is -3.38. The SMILES string of the molecule is CCOC(=O)CC1(O)CC2CC(F)(F)C(C1)N2Cc1ccccc1. The van der Waals surface area contributed by atoms with E-state index in [1.165, 1.54) is 0 Å². The average Bonchev–Trinajstić information content (AvgIpc) is 2.65. The molecular weight excluding hydrogens is 316 g/mol. The number of benzene rings is 1. The van der Waals surface area contributed by atoms with Gasteiger partial charge in [0.25, 0.3) is 5.92 Å². The largest absolute Gasteiger partial charge is 0.466 e. The zero-order chi connectivity index (χ0) is 17.4. The molecule has 2 aliphatic heterocycles. The lowest BCUT2D eigenvalue weighted by molar-refractivity contribution is -0.154. The molecule has 0 spiro atoms. The summed E-state index contributed by atoms with van der Waals surface area (Å²) in [5, 5.41) is 10.7. The van der Waals surface area contributed by atoms with E-state index in [2.05, 4.69) is 0 Å². The van der Waals surface area contributed by atoms with Crippen LogP contribution in [0, 0.1) is 0 Å². The number of aliphatic hydroxyl groups is 1. The average molecular weight is 339 g/mol. The first-order chi connectivity index (χ1) is 11.3. The van der Waals surface area contributed by atoms with Crippen LogP contribution in [-0.2, 0) is 16.1 Å². The maximum atomic E-state index is 14.4. The molecule has 0 aromatic heterocycles. The highest BCUT2D eigenvalue weighted by Gasteiger charge is 2.60. The molecule has 3 atom stereocenters. The second-order valence-electron chi connectivity index (χ2n) is 6.91. The molecule has 2 saturated heterocycles. The fourth-order valence-electron chi connectivity index (χ4n) is 4.06. The van der Waals surface area contributed by atoms with Crippen LogP contribution in [0.1, 0.15) is 38.2 Å². The second kappa shape index (κ2) is 6.41. The van der Waals surface area contributed by atoms with E-state index in [-0.39, 0.29) is 32.3 Å². The summed E-state index contributed by atoms with van der Waals surface area (Å²) in [7, 11) is 0. The summed E-state index contributed by atoms with van der Waals surface area (Å²) in [6, 6.07) is 8.01. The Labute approximate surface area is 140 Å². The van der Waals surface area contributed by atoms with Gasteiger partial charge in [0.05, 0.1) is 24.7 Å². The predicted molar refractivity (Wildman–Crippen MR) is 84.6 cm³/mol. The van der Waals surface area contributed by atoms with Crippen LogP contribution in [0.3, 0.4) is 0 Å². The summed E-state index contributed by atoms with van der Waals surface area (Å²) >= 11 is 0. The molecule has 24 heavy (non-hydrogen) atoms. The number of fused-ring (bicyclic) bond motifs is 2. The Kier molecular flexibility index (Phi) is 4.62. The van der Waals surface area contributed by atoms with Gasteiger partial charge in [0.1, 0.15) is 0 Å². The van der Waals surface area contributed by atoms with E-state index in [1.54, 1.807) is 11.8 Å². The van der Waals surface area contributed by atoms with Gasteiger partial charge in [-0.25, -0.2) is 8.78 Å². The maximum Gasteiger partial charge on any atom is 0.308 e. The molecule has 4 nitrogen and oxygen atoms in total. The van der Waals surface area contributed by atoms with Gasteiger partial charge in [-0.15, -0.1) is 0 Å². The topological polar surface area (TPSA) is 49.8 Å². The van der Waals surface area contributed by atoms with Crippen molar-refractivity contribution in [2.45, 2.75) is 62.8 Å². The highest BCUT2D eigenvalue weighted by Crippen LogP contribution is 2.50. The minimum absolute atomic E-state index is 0.109. The van der Waals surface area contributed by atoms with Gasteiger partial charge >= 0.3 is 5.97 Å². The Morgan fingerprint density at radius 1 is 1.29 bits per heavy atom. The fourth-order valence-corrected chi connectivity index (χ4v) is 4.06. The summed E-state index contributed by atoms with van der Waals surface area (Å²) in [6.45, 7) is 2.33. The maximum absolute atomic E-state index is 14.4. The summed E-state index contributed by atoms with van der Waals surface area (Å²) in [4.78, 5) is 13.5. The highest BCUT2D eigenvalue weighted by atomic mass is 19.3. The van der Waals surface area contributed by atoms with Crippen molar-refractivity contribution in [2.24, 2.45) is 0 Å². The molecular formula is C18H23F2NO3. The molecule has 6 heteroatoms. The highest BCUT2D eigenvalue weighted by molar-refractivity contribution is 5.70. The summed E-state index contributed by atoms with van der Waals surface area (Å²) in [5.41, 5.74) is -0.435. The molecule has 2 aliphatic rings. The number of piperidine rings is 1. The Morgan fingerprint density at radius 2 is 2.00 bits per heavy atom. The Bertz CT molecular complexity index is 595. The van der Waals surface area contributed by atoms with E-state index < -0.39 is 29.6 Å². The van der Waals surface area contributed by atoms with E-state index in [0.717, 1.165) is 5.56 Å².